The van der Waals surface area contributed by atoms with Crippen LogP contribution >= 0.6 is 0 Å². The van der Waals surface area contributed by atoms with Crippen LogP contribution in [0, 0.1) is 0 Å². The first-order valence-corrected chi connectivity index (χ1v) is 13.0. The summed E-state index contributed by atoms with van der Waals surface area (Å²) in [5.74, 6) is 0.123. The van der Waals surface area contributed by atoms with Crippen LogP contribution in [0.15, 0.2) is 23.1 Å². The van der Waals surface area contributed by atoms with E-state index in [0.717, 1.165) is 36.9 Å². The van der Waals surface area contributed by atoms with Crippen molar-refractivity contribution < 1.29 is 13.2 Å². The number of rotatable bonds is 5. The number of nitrogens with zero attached hydrogens (tertiary/aromatic N) is 3. The Morgan fingerprint density at radius 2 is 1.70 bits per heavy atom. The topological polar surface area (TPSA) is 60.9 Å². The van der Waals surface area contributed by atoms with Crippen molar-refractivity contribution in [3.63, 3.8) is 0 Å². The molecule has 0 unspecified atom stereocenters. The van der Waals surface area contributed by atoms with Crippen LogP contribution in [0.2, 0.25) is 0 Å². The zero-order chi connectivity index (χ0) is 21.1. The minimum absolute atomic E-state index is 0.123. The van der Waals surface area contributed by atoms with Gasteiger partial charge in [0.1, 0.15) is 0 Å². The molecule has 1 aromatic rings. The van der Waals surface area contributed by atoms with Crippen LogP contribution in [0.25, 0.3) is 0 Å². The maximum atomic E-state index is 13.1. The van der Waals surface area contributed by atoms with Crippen LogP contribution in [0.5, 0.6) is 0 Å². The molecule has 1 amide bonds. The zero-order valence-corrected chi connectivity index (χ0v) is 19.0. The fourth-order valence-electron chi connectivity index (χ4n) is 5.20. The number of benzene rings is 1. The van der Waals surface area contributed by atoms with Crippen molar-refractivity contribution in [3.05, 3.63) is 23.8 Å². The fourth-order valence-corrected chi connectivity index (χ4v) is 6.77. The molecule has 7 heteroatoms. The molecular weight excluding hydrogens is 398 g/mol. The quantitative estimate of drug-likeness (QED) is 0.668. The molecule has 1 aliphatic carbocycles. The van der Waals surface area contributed by atoms with E-state index in [4.69, 9.17) is 0 Å². The zero-order valence-electron chi connectivity index (χ0n) is 18.2. The average Bonchev–Trinajstić information content (AvgIpc) is 3.16. The van der Waals surface area contributed by atoms with Gasteiger partial charge in [-0.2, -0.15) is 4.31 Å². The second-order valence-electron chi connectivity index (χ2n) is 9.11. The minimum Gasteiger partial charge on any atom is -0.311 e. The van der Waals surface area contributed by atoms with Gasteiger partial charge in [0, 0.05) is 31.4 Å². The van der Waals surface area contributed by atoms with E-state index in [-0.39, 0.29) is 5.91 Å². The molecule has 1 saturated carbocycles. The van der Waals surface area contributed by atoms with Crippen molar-refractivity contribution in [2.24, 2.45) is 0 Å². The first-order chi connectivity index (χ1) is 14.5. The first kappa shape index (κ1) is 21.8. The minimum atomic E-state index is -3.43. The van der Waals surface area contributed by atoms with Crippen molar-refractivity contribution in [1.82, 2.24) is 9.21 Å². The molecule has 0 bridgehead atoms. The van der Waals surface area contributed by atoms with Gasteiger partial charge in [0.2, 0.25) is 15.9 Å². The number of likely N-dealkylation sites (N-methyl/N-ethyl adjacent to an activating group) is 1. The first-order valence-electron chi connectivity index (χ1n) is 11.6. The van der Waals surface area contributed by atoms with Crippen LogP contribution in [0.1, 0.15) is 63.4 Å². The second kappa shape index (κ2) is 9.37. The third-order valence-electron chi connectivity index (χ3n) is 7.01. The fraction of sp³-hybridized carbons (Fsp3) is 0.696. The second-order valence-corrected chi connectivity index (χ2v) is 11.0. The third kappa shape index (κ3) is 4.58. The maximum Gasteiger partial charge on any atom is 0.243 e. The van der Waals surface area contributed by atoms with E-state index in [1.165, 1.54) is 38.5 Å². The van der Waals surface area contributed by atoms with Gasteiger partial charge in [0.15, 0.2) is 0 Å². The van der Waals surface area contributed by atoms with E-state index < -0.39 is 10.0 Å². The lowest BCUT2D eigenvalue weighted by molar-refractivity contribution is -0.120. The van der Waals surface area contributed by atoms with Gasteiger partial charge in [-0.25, -0.2) is 8.42 Å². The summed E-state index contributed by atoms with van der Waals surface area (Å²) in [5, 5.41) is 0. The highest BCUT2D eigenvalue weighted by Crippen LogP contribution is 2.31. The molecular formula is C23H35N3O3S. The largest absolute Gasteiger partial charge is 0.311 e. The van der Waals surface area contributed by atoms with E-state index in [0.29, 0.717) is 37.1 Å². The molecule has 3 aliphatic rings. The van der Waals surface area contributed by atoms with Crippen molar-refractivity contribution in [1.29, 1.82) is 0 Å². The van der Waals surface area contributed by atoms with Gasteiger partial charge in [-0.3, -0.25) is 9.69 Å². The van der Waals surface area contributed by atoms with Crippen LogP contribution < -0.4 is 4.90 Å². The van der Waals surface area contributed by atoms with Crippen molar-refractivity contribution in [2.75, 3.05) is 38.1 Å². The normalized spacial score (nSPS) is 21.6. The van der Waals surface area contributed by atoms with Crippen LogP contribution in [0.3, 0.4) is 0 Å². The molecule has 0 spiro atoms. The Bertz CT molecular complexity index is 856. The summed E-state index contributed by atoms with van der Waals surface area (Å²) in [6.07, 6.45) is 11.0. The van der Waals surface area contributed by atoms with Gasteiger partial charge in [-0.1, -0.05) is 25.7 Å². The van der Waals surface area contributed by atoms with Crippen LogP contribution in [-0.2, 0) is 21.2 Å². The number of fused-ring (bicyclic) bond motifs is 1. The number of hydrogen-bond donors (Lipinski definition) is 0. The maximum absolute atomic E-state index is 13.1. The van der Waals surface area contributed by atoms with Crippen molar-refractivity contribution >= 4 is 21.6 Å². The van der Waals surface area contributed by atoms with E-state index in [1.54, 1.807) is 16.4 Å². The summed E-state index contributed by atoms with van der Waals surface area (Å²) in [6.45, 7) is 2.36. The van der Waals surface area contributed by atoms with E-state index in [2.05, 4.69) is 11.9 Å². The number of amides is 1. The van der Waals surface area contributed by atoms with Gasteiger partial charge in [-0.05, 0) is 69.3 Å². The lowest BCUT2D eigenvalue weighted by Crippen LogP contribution is -2.44. The summed E-state index contributed by atoms with van der Waals surface area (Å²) in [6, 6.07) is 5.83. The molecule has 6 nitrogen and oxygen atoms in total. The average molecular weight is 434 g/mol. The van der Waals surface area contributed by atoms with Gasteiger partial charge in [-0.15, -0.1) is 0 Å². The standard InChI is InChI=1S/C23H35N3O3S/c1-24(20-10-4-2-3-5-11-20)18-23(27)26-16-8-9-19-17-21(12-13-22(19)26)30(28,29)25-14-6-7-15-25/h12-13,17,20H,2-11,14-16,18H2,1H3. The highest BCUT2D eigenvalue weighted by atomic mass is 32.2. The molecule has 1 aromatic carbocycles. The van der Waals surface area contributed by atoms with Crippen molar-refractivity contribution in [2.45, 2.75) is 75.1 Å². The Morgan fingerprint density at radius 3 is 2.40 bits per heavy atom. The van der Waals surface area contributed by atoms with Crippen LogP contribution in [0.4, 0.5) is 5.69 Å². The number of aryl methyl sites for hydroxylation is 1. The SMILES string of the molecule is CN(CC(=O)N1CCCc2cc(S(=O)(=O)N3CCCC3)ccc21)C1CCCCCC1. The Morgan fingerprint density at radius 1 is 1.00 bits per heavy atom. The number of sulfonamides is 1. The van der Waals surface area contributed by atoms with Gasteiger partial charge in [0.05, 0.1) is 11.4 Å². The molecule has 0 radical (unpaired) electrons. The molecule has 0 N–H and O–H groups in total. The number of hydrogen-bond acceptors (Lipinski definition) is 4. The highest BCUT2D eigenvalue weighted by molar-refractivity contribution is 7.89. The molecule has 0 atom stereocenters. The van der Waals surface area contributed by atoms with E-state index in [9.17, 15) is 13.2 Å². The lowest BCUT2D eigenvalue weighted by Gasteiger charge is -2.33. The molecule has 30 heavy (non-hydrogen) atoms. The molecule has 166 valence electrons. The number of anilines is 1. The molecule has 2 heterocycles. The van der Waals surface area contributed by atoms with Crippen LogP contribution in [-0.4, -0.2) is 62.8 Å². The smallest absolute Gasteiger partial charge is 0.243 e. The monoisotopic (exact) mass is 433 g/mol. The molecule has 1 saturated heterocycles. The predicted octanol–water partition coefficient (Wildman–Crippen LogP) is 3.40. The van der Waals surface area contributed by atoms with E-state index in [1.807, 2.05) is 11.0 Å². The van der Waals surface area contributed by atoms with E-state index >= 15 is 0 Å². The molecule has 2 fully saturated rings. The van der Waals surface area contributed by atoms with Gasteiger partial charge >= 0.3 is 0 Å². The summed E-state index contributed by atoms with van der Waals surface area (Å²) >= 11 is 0. The summed E-state index contributed by atoms with van der Waals surface area (Å²) < 4.78 is 27.4. The Balaban J connectivity index is 1.48. The molecule has 0 aromatic heterocycles. The predicted molar refractivity (Wildman–Crippen MR) is 119 cm³/mol. The molecule has 4 rings (SSSR count). The Labute approximate surface area is 181 Å². The lowest BCUT2D eigenvalue weighted by atomic mass is 10.0. The number of carbonyl (C=O) groups excluding carboxylic acids is 1. The highest BCUT2D eigenvalue weighted by Gasteiger charge is 2.30. The summed E-state index contributed by atoms with van der Waals surface area (Å²) in [5.41, 5.74) is 1.87. The Kier molecular flexibility index (Phi) is 6.80. The van der Waals surface area contributed by atoms with Gasteiger partial charge in [0.25, 0.3) is 0 Å². The number of carbonyl (C=O) groups is 1. The summed E-state index contributed by atoms with van der Waals surface area (Å²) in [4.78, 5) is 17.6. The molecule has 2 aliphatic heterocycles. The summed E-state index contributed by atoms with van der Waals surface area (Å²) in [7, 11) is -1.35. The third-order valence-corrected chi connectivity index (χ3v) is 8.90. The van der Waals surface area contributed by atoms with Gasteiger partial charge < -0.3 is 4.90 Å². The van der Waals surface area contributed by atoms with Crippen molar-refractivity contribution in [3.8, 4) is 0 Å². The Hall–Kier alpha value is -1.44.